The van der Waals surface area contributed by atoms with Gasteiger partial charge in [-0.2, -0.15) is 5.10 Å². The average Bonchev–Trinajstić information content (AvgIpc) is 2.93. The van der Waals surface area contributed by atoms with Crippen LogP contribution in [0.4, 0.5) is 0 Å². The van der Waals surface area contributed by atoms with Gasteiger partial charge in [0, 0.05) is 34.1 Å². The Labute approximate surface area is 135 Å². The Hall–Kier alpha value is -1.95. The molecule has 6 heteroatoms. The fourth-order valence-electron chi connectivity index (χ4n) is 2.56. The Bertz CT molecular complexity index is 697. The summed E-state index contributed by atoms with van der Waals surface area (Å²) in [6.07, 6.45) is 1.97. The Balaban J connectivity index is 1.98. The Morgan fingerprint density at radius 1 is 1.45 bits per heavy atom. The molecule has 0 saturated heterocycles. The number of carbonyl (C=O) groups is 1. The molecule has 0 saturated carbocycles. The van der Waals surface area contributed by atoms with Gasteiger partial charge in [0.25, 0.3) is 0 Å². The van der Waals surface area contributed by atoms with E-state index in [0.717, 1.165) is 22.0 Å². The molecule has 0 radical (unpaired) electrons. The van der Waals surface area contributed by atoms with Crippen LogP contribution in [0, 0.1) is 20.8 Å². The third-order valence-electron chi connectivity index (χ3n) is 3.41. The van der Waals surface area contributed by atoms with Gasteiger partial charge in [-0.1, -0.05) is 0 Å². The SMILES string of the molecule is Cc1csc(CC(=O)N/N=C\c2cc(C)n(C(C)C)c2C)n1. The minimum absolute atomic E-state index is 0.150. The van der Waals surface area contributed by atoms with Gasteiger partial charge >= 0.3 is 0 Å². The van der Waals surface area contributed by atoms with Gasteiger partial charge in [-0.15, -0.1) is 11.3 Å². The lowest BCUT2D eigenvalue weighted by Gasteiger charge is -2.13. The quantitative estimate of drug-likeness (QED) is 0.680. The van der Waals surface area contributed by atoms with E-state index in [-0.39, 0.29) is 12.3 Å². The number of aromatic nitrogens is 2. The van der Waals surface area contributed by atoms with Crippen molar-refractivity contribution in [2.75, 3.05) is 0 Å². The lowest BCUT2D eigenvalue weighted by Crippen LogP contribution is -2.19. The van der Waals surface area contributed by atoms with E-state index < -0.39 is 0 Å². The van der Waals surface area contributed by atoms with Crippen molar-refractivity contribution in [3.8, 4) is 0 Å². The molecule has 2 aromatic rings. The van der Waals surface area contributed by atoms with Gasteiger partial charge in [0.1, 0.15) is 5.01 Å². The second-order valence-corrected chi connectivity index (χ2v) is 6.59. The fourth-order valence-corrected chi connectivity index (χ4v) is 3.33. The molecule has 0 aliphatic heterocycles. The summed E-state index contributed by atoms with van der Waals surface area (Å²) < 4.78 is 2.25. The van der Waals surface area contributed by atoms with Crippen molar-refractivity contribution in [1.82, 2.24) is 15.0 Å². The molecule has 0 atom stereocenters. The van der Waals surface area contributed by atoms with Crippen LogP contribution in [0.1, 0.15) is 47.5 Å². The second kappa shape index (κ2) is 6.87. The highest BCUT2D eigenvalue weighted by molar-refractivity contribution is 7.09. The maximum absolute atomic E-state index is 11.8. The summed E-state index contributed by atoms with van der Waals surface area (Å²) in [6.45, 7) is 10.4. The summed E-state index contributed by atoms with van der Waals surface area (Å²) in [6, 6.07) is 2.49. The molecule has 2 heterocycles. The molecular weight excluding hydrogens is 296 g/mol. The van der Waals surface area contributed by atoms with Crippen LogP contribution in [-0.4, -0.2) is 21.7 Å². The molecule has 0 unspecified atom stereocenters. The first-order valence-electron chi connectivity index (χ1n) is 7.29. The highest BCUT2D eigenvalue weighted by Crippen LogP contribution is 2.18. The van der Waals surface area contributed by atoms with Crippen molar-refractivity contribution < 1.29 is 4.79 Å². The van der Waals surface area contributed by atoms with Crippen LogP contribution in [0.5, 0.6) is 0 Å². The molecule has 0 spiro atoms. The molecular formula is C16H22N4OS. The van der Waals surface area contributed by atoms with E-state index in [1.54, 1.807) is 6.21 Å². The first-order chi connectivity index (χ1) is 10.4. The fraction of sp³-hybridized carbons (Fsp3) is 0.438. The summed E-state index contributed by atoms with van der Waals surface area (Å²) in [5.74, 6) is -0.150. The van der Waals surface area contributed by atoms with Gasteiger partial charge in [0.15, 0.2) is 0 Å². The summed E-state index contributed by atoms with van der Waals surface area (Å²) in [5, 5.41) is 6.80. The highest BCUT2D eigenvalue weighted by atomic mass is 32.1. The predicted molar refractivity (Wildman–Crippen MR) is 90.6 cm³/mol. The van der Waals surface area contributed by atoms with Gasteiger partial charge in [-0.25, -0.2) is 10.4 Å². The number of nitrogens with zero attached hydrogens (tertiary/aromatic N) is 3. The van der Waals surface area contributed by atoms with E-state index in [4.69, 9.17) is 0 Å². The van der Waals surface area contributed by atoms with E-state index in [1.165, 1.54) is 17.0 Å². The van der Waals surface area contributed by atoms with Gasteiger partial charge in [0.05, 0.1) is 12.6 Å². The molecule has 0 aromatic carbocycles. The van der Waals surface area contributed by atoms with Crippen LogP contribution in [0.3, 0.4) is 0 Å². The third-order valence-corrected chi connectivity index (χ3v) is 4.38. The molecule has 118 valence electrons. The summed E-state index contributed by atoms with van der Waals surface area (Å²) in [5.41, 5.74) is 6.88. The number of hydrogen-bond acceptors (Lipinski definition) is 4. The van der Waals surface area contributed by atoms with E-state index in [2.05, 4.69) is 53.8 Å². The largest absolute Gasteiger partial charge is 0.346 e. The van der Waals surface area contributed by atoms with Crippen molar-refractivity contribution >= 4 is 23.5 Å². The zero-order chi connectivity index (χ0) is 16.3. The lowest BCUT2D eigenvalue weighted by molar-refractivity contribution is -0.120. The molecule has 2 rings (SSSR count). The van der Waals surface area contributed by atoms with Gasteiger partial charge < -0.3 is 4.57 Å². The molecule has 5 nitrogen and oxygen atoms in total. The molecule has 1 N–H and O–H groups in total. The van der Waals surface area contributed by atoms with E-state index in [0.29, 0.717) is 6.04 Å². The lowest BCUT2D eigenvalue weighted by atomic mass is 10.2. The second-order valence-electron chi connectivity index (χ2n) is 5.64. The first kappa shape index (κ1) is 16.4. The summed E-state index contributed by atoms with van der Waals surface area (Å²) in [7, 11) is 0. The number of aryl methyl sites for hydroxylation is 2. The van der Waals surface area contributed by atoms with E-state index >= 15 is 0 Å². The Morgan fingerprint density at radius 2 is 2.18 bits per heavy atom. The van der Waals surface area contributed by atoms with Crippen molar-refractivity contribution in [2.45, 2.75) is 47.1 Å². The molecule has 22 heavy (non-hydrogen) atoms. The third kappa shape index (κ3) is 3.82. The van der Waals surface area contributed by atoms with Gasteiger partial charge in [-0.05, 0) is 40.7 Å². The smallest absolute Gasteiger partial charge is 0.246 e. The van der Waals surface area contributed by atoms with Gasteiger partial charge in [0.2, 0.25) is 5.91 Å². The summed E-state index contributed by atoms with van der Waals surface area (Å²) >= 11 is 1.49. The number of nitrogens with one attached hydrogen (secondary N) is 1. The standard InChI is InChI=1S/C16H22N4OS/c1-10(2)20-12(4)6-14(13(20)5)8-17-19-15(21)7-16-18-11(3)9-22-16/h6,8-10H,7H2,1-5H3,(H,19,21)/b17-8-. The normalized spacial score (nSPS) is 11.5. The maximum atomic E-state index is 11.8. The topological polar surface area (TPSA) is 59.3 Å². The van der Waals surface area contributed by atoms with Crippen molar-refractivity contribution in [1.29, 1.82) is 0 Å². The van der Waals surface area contributed by atoms with Crippen molar-refractivity contribution in [3.05, 3.63) is 39.1 Å². The predicted octanol–water partition coefficient (Wildman–Crippen LogP) is 3.14. The maximum Gasteiger partial charge on any atom is 0.246 e. The highest BCUT2D eigenvalue weighted by Gasteiger charge is 2.10. The number of carbonyl (C=O) groups excluding carboxylic acids is 1. The zero-order valence-corrected chi connectivity index (χ0v) is 14.5. The summed E-state index contributed by atoms with van der Waals surface area (Å²) in [4.78, 5) is 16.1. The van der Waals surface area contributed by atoms with Crippen LogP contribution < -0.4 is 5.43 Å². The van der Waals surface area contributed by atoms with Crippen LogP contribution in [-0.2, 0) is 11.2 Å². The minimum atomic E-state index is -0.150. The van der Waals surface area contributed by atoms with Crippen molar-refractivity contribution in [2.24, 2.45) is 5.10 Å². The number of amides is 1. The monoisotopic (exact) mass is 318 g/mol. The molecule has 2 aromatic heterocycles. The number of hydrogen-bond donors (Lipinski definition) is 1. The van der Waals surface area contributed by atoms with Gasteiger partial charge in [-0.3, -0.25) is 4.79 Å². The Kier molecular flexibility index (Phi) is 5.13. The van der Waals surface area contributed by atoms with E-state index in [1.807, 2.05) is 12.3 Å². The van der Waals surface area contributed by atoms with Crippen molar-refractivity contribution in [3.63, 3.8) is 0 Å². The van der Waals surface area contributed by atoms with E-state index in [9.17, 15) is 4.79 Å². The number of rotatable bonds is 5. The number of hydrazone groups is 1. The molecule has 0 aliphatic rings. The van der Waals surface area contributed by atoms with Crippen LogP contribution >= 0.6 is 11.3 Å². The molecule has 0 bridgehead atoms. The van der Waals surface area contributed by atoms with Crippen LogP contribution in [0.15, 0.2) is 16.5 Å². The first-order valence-corrected chi connectivity index (χ1v) is 8.17. The minimum Gasteiger partial charge on any atom is -0.346 e. The van der Waals surface area contributed by atoms with Crippen LogP contribution in [0.25, 0.3) is 0 Å². The Morgan fingerprint density at radius 3 is 2.73 bits per heavy atom. The molecule has 0 aliphatic carbocycles. The molecule has 1 amide bonds. The zero-order valence-electron chi connectivity index (χ0n) is 13.7. The number of thiazole rings is 1. The van der Waals surface area contributed by atoms with Crippen LogP contribution in [0.2, 0.25) is 0 Å². The molecule has 0 fully saturated rings. The average molecular weight is 318 g/mol.